The Kier molecular flexibility index (Phi) is 5.28. The van der Waals surface area contributed by atoms with Crippen molar-refractivity contribution in [3.05, 3.63) is 29.8 Å². The van der Waals surface area contributed by atoms with E-state index in [9.17, 15) is 9.90 Å². The molecule has 0 bridgehead atoms. The molecule has 1 aliphatic carbocycles. The molecule has 19 heavy (non-hydrogen) atoms. The summed E-state index contributed by atoms with van der Waals surface area (Å²) in [5.41, 5.74) is 0.721. The van der Waals surface area contributed by atoms with E-state index in [-0.39, 0.29) is 12.5 Å². The zero-order chi connectivity index (χ0) is 13.7. The van der Waals surface area contributed by atoms with Crippen LogP contribution in [-0.4, -0.2) is 41.4 Å². The van der Waals surface area contributed by atoms with Crippen molar-refractivity contribution < 1.29 is 9.90 Å². The fourth-order valence-electron chi connectivity index (χ4n) is 2.67. The van der Waals surface area contributed by atoms with Gasteiger partial charge in [-0.15, -0.1) is 11.8 Å². The van der Waals surface area contributed by atoms with Crippen LogP contribution in [0.5, 0.6) is 0 Å². The van der Waals surface area contributed by atoms with Gasteiger partial charge in [0.05, 0.1) is 6.61 Å². The summed E-state index contributed by atoms with van der Waals surface area (Å²) in [5, 5.41) is 9.18. The molecule has 0 atom stereocenters. The fraction of sp³-hybridized carbons (Fsp3) is 0.533. The van der Waals surface area contributed by atoms with Gasteiger partial charge in [0, 0.05) is 23.0 Å². The molecule has 0 heterocycles. The Morgan fingerprint density at radius 3 is 2.47 bits per heavy atom. The lowest BCUT2D eigenvalue weighted by molar-refractivity contribution is 0.0638. The van der Waals surface area contributed by atoms with Crippen molar-refractivity contribution in [2.24, 2.45) is 0 Å². The van der Waals surface area contributed by atoms with Gasteiger partial charge in [0.25, 0.3) is 5.91 Å². The molecular weight excluding hydrogens is 258 g/mol. The molecule has 1 aromatic carbocycles. The van der Waals surface area contributed by atoms with Crippen molar-refractivity contribution in [1.29, 1.82) is 0 Å². The highest BCUT2D eigenvalue weighted by Crippen LogP contribution is 2.25. The lowest BCUT2D eigenvalue weighted by Crippen LogP contribution is -2.40. The van der Waals surface area contributed by atoms with Crippen molar-refractivity contribution in [2.75, 3.05) is 19.4 Å². The molecule has 0 unspecified atom stereocenters. The van der Waals surface area contributed by atoms with Crippen molar-refractivity contribution in [3.63, 3.8) is 0 Å². The summed E-state index contributed by atoms with van der Waals surface area (Å²) in [4.78, 5) is 15.5. The lowest BCUT2D eigenvalue weighted by Gasteiger charge is -2.28. The number of aliphatic hydroxyl groups is 1. The summed E-state index contributed by atoms with van der Waals surface area (Å²) in [6, 6.07) is 8.02. The summed E-state index contributed by atoms with van der Waals surface area (Å²) >= 11 is 1.67. The Morgan fingerprint density at radius 2 is 1.95 bits per heavy atom. The molecule has 3 nitrogen and oxygen atoms in total. The Balaban J connectivity index is 2.12. The number of hydrogen-bond donors (Lipinski definition) is 1. The minimum atomic E-state index is 0.0329. The molecule has 0 aliphatic heterocycles. The molecule has 4 heteroatoms. The number of hydrogen-bond acceptors (Lipinski definition) is 3. The second-order valence-corrected chi connectivity index (χ2v) is 5.77. The van der Waals surface area contributed by atoms with Crippen LogP contribution < -0.4 is 0 Å². The maximum atomic E-state index is 12.5. The number of carbonyl (C=O) groups excluding carboxylic acids is 1. The van der Waals surface area contributed by atoms with Crippen LogP contribution in [0.25, 0.3) is 0 Å². The third kappa shape index (κ3) is 3.51. The van der Waals surface area contributed by atoms with E-state index >= 15 is 0 Å². The van der Waals surface area contributed by atoms with Crippen LogP contribution in [-0.2, 0) is 0 Å². The highest BCUT2D eigenvalue weighted by molar-refractivity contribution is 7.98. The lowest BCUT2D eigenvalue weighted by atomic mass is 10.1. The molecule has 1 amide bonds. The Bertz CT molecular complexity index is 413. The van der Waals surface area contributed by atoms with E-state index < -0.39 is 0 Å². The Hall–Kier alpha value is -1.00. The van der Waals surface area contributed by atoms with Gasteiger partial charge in [-0.2, -0.15) is 0 Å². The Morgan fingerprint density at radius 1 is 1.32 bits per heavy atom. The SMILES string of the molecule is CSc1ccc(C(=O)N(CCO)C2CCCC2)cc1. The monoisotopic (exact) mass is 279 g/mol. The zero-order valence-electron chi connectivity index (χ0n) is 11.3. The molecular formula is C15H21NO2S. The molecule has 0 radical (unpaired) electrons. The standard InChI is InChI=1S/C15H21NO2S/c1-19-14-8-6-12(7-9-14)15(18)16(10-11-17)13-4-2-3-5-13/h6-9,13,17H,2-5,10-11H2,1H3. The van der Waals surface area contributed by atoms with Crippen LogP contribution in [0.4, 0.5) is 0 Å². The van der Waals surface area contributed by atoms with Gasteiger partial charge in [0.2, 0.25) is 0 Å². The molecule has 104 valence electrons. The van der Waals surface area contributed by atoms with E-state index in [1.54, 1.807) is 11.8 Å². The molecule has 0 saturated heterocycles. The predicted molar refractivity (Wildman–Crippen MR) is 78.6 cm³/mol. The first-order valence-corrected chi connectivity index (χ1v) is 8.04. The van der Waals surface area contributed by atoms with Crippen LogP contribution in [0.1, 0.15) is 36.0 Å². The molecule has 1 aromatic rings. The summed E-state index contributed by atoms with van der Waals surface area (Å²) in [6.45, 7) is 0.471. The highest BCUT2D eigenvalue weighted by atomic mass is 32.2. The molecule has 2 rings (SSSR count). The average molecular weight is 279 g/mol. The second-order valence-electron chi connectivity index (χ2n) is 4.89. The summed E-state index contributed by atoms with van der Waals surface area (Å²) in [5.74, 6) is 0.0496. The number of nitrogens with zero attached hydrogens (tertiary/aromatic N) is 1. The van der Waals surface area contributed by atoms with Crippen molar-refractivity contribution in [2.45, 2.75) is 36.6 Å². The van der Waals surface area contributed by atoms with E-state index in [0.717, 1.165) is 23.3 Å². The van der Waals surface area contributed by atoms with Gasteiger partial charge < -0.3 is 10.0 Å². The topological polar surface area (TPSA) is 40.5 Å². The Labute approximate surface area is 119 Å². The summed E-state index contributed by atoms with van der Waals surface area (Å²) in [6.07, 6.45) is 6.52. The van der Waals surface area contributed by atoms with Crippen LogP contribution in [0.3, 0.4) is 0 Å². The molecule has 1 N–H and O–H groups in total. The molecule has 1 aliphatic rings. The smallest absolute Gasteiger partial charge is 0.254 e. The van der Waals surface area contributed by atoms with Crippen LogP contribution in [0.15, 0.2) is 29.2 Å². The summed E-state index contributed by atoms with van der Waals surface area (Å²) < 4.78 is 0. The van der Waals surface area contributed by atoms with E-state index in [0.29, 0.717) is 12.6 Å². The van der Waals surface area contributed by atoms with E-state index in [2.05, 4.69) is 0 Å². The van der Waals surface area contributed by atoms with Gasteiger partial charge in [-0.3, -0.25) is 4.79 Å². The molecule has 1 saturated carbocycles. The zero-order valence-corrected chi connectivity index (χ0v) is 12.2. The highest BCUT2D eigenvalue weighted by Gasteiger charge is 2.26. The maximum Gasteiger partial charge on any atom is 0.254 e. The van der Waals surface area contributed by atoms with Crippen molar-refractivity contribution in [1.82, 2.24) is 4.90 Å². The first-order chi connectivity index (χ1) is 9.26. The number of benzene rings is 1. The number of thioether (sulfide) groups is 1. The van der Waals surface area contributed by atoms with Crippen LogP contribution >= 0.6 is 11.8 Å². The van der Waals surface area contributed by atoms with Gasteiger partial charge in [-0.25, -0.2) is 0 Å². The van der Waals surface area contributed by atoms with Gasteiger partial charge in [-0.05, 0) is 43.4 Å². The first-order valence-electron chi connectivity index (χ1n) is 6.82. The van der Waals surface area contributed by atoms with Crippen LogP contribution in [0, 0.1) is 0 Å². The number of amides is 1. The molecule has 0 aromatic heterocycles. The van der Waals surface area contributed by atoms with E-state index in [1.165, 1.54) is 12.8 Å². The molecule has 0 spiro atoms. The second kappa shape index (κ2) is 6.96. The van der Waals surface area contributed by atoms with Gasteiger partial charge in [0.1, 0.15) is 0 Å². The summed E-state index contributed by atoms with van der Waals surface area (Å²) in [7, 11) is 0. The fourth-order valence-corrected chi connectivity index (χ4v) is 3.08. The third-order valence-electron chi connectivity index (χ3n) is 3.70. The average Bonchev–Trinajstić information content (AvgIpc) is 2.98. The van der Waals surface area contributed by atoms with Crippen LogP contribution in [0.2, 0.25) is 0 Å². The minimum absolute atomic E-state index is 0.0329. The number of carbonyl (C=O) groups is 1. The third-order valence-corrected chi connectivity index (χ3v) is 4.45. The molecule has 1 fully saturated rings. The van der Waals surface area contributed by atoms with Gasteiger partial charge in [-0.1, -0.05) is 12.8 Å². The van der Waals surface area contributed by atoms with Crippen molar-refractivity contribution in [3.8, 4) is 0 Å². The van der Waals surface area contributed by atoms with E-state index in [4.69, 9.17) is 0 Å². The largest absolute Gasteiger partial charge is 0.395 e. The maximum absolute atomic E-state index is 12.5. The van der Waals surface area contributed by atoms with Crippen molar-refractivity contribution >= 4 is 17.7 Å². The number of rotatable bonds is 5. The van der Waals surface area contributed by atoms with Gasteiger partial charge >= 0.3 is 0 Å². The van der Waals surface area contributed by atoms with E-state index in [1.807, 2.05) is 35.4 Å². The van der Waals surface area contributed by atoms with Gasteiger partial charge in [0.15, 0.2) is 0 Å². The normalized spacial score (nSPS) is 15.7. The number of aliphatic hydroxyl groups excluding tert-OH is 1. The first kappa shape index (κ1) is 14.4. The quantitative estimate of drug-likeness (QED) is 0.843. The predicted octanol–water partition coefficient (Wildman–Crippen LogP) is 2.79. The minimum Gasteiger partial charge on any atom is -0.395 e.